The van der Waals surface area contributed by atoms with Crippen LogP contribution in [0.1, 0.15) is 45.4 Å². The van der Waals surface area contributed by atoms with E-state index in [0.29, 0.717) is 18.8 Å². The van der Waals surface area contributed by atoms with Crippen LogP contribution in [0.3, 0.4) is 0 Å². The Balaban J connectivity index is 2.12. The highest BCUT2D eigenvalue weighted by Crippen LogP contribution is 2.37. The largest absolute Gasteiger partial charge is 0.480 e. The zero-order valence-corrected chi connectivity index (χ0v) is 11.9. The molecule has 0 aromatic heterocycles. The molecule has 0 heterocycles. The quantitative estimate of drug-likeness (QED) is 0.854. The van der Waals surface area contributed by atoms with Gasteiger partial charge in [-0.15, -0.1) is 0 Å². The fraction of sp³-hybridized carbons (Fsp3) is 0.562. The molecule has 1 fully saturated rings. The number of carboxylic acid groups (broad SMARTS) is 1. The third kappa shape index (κ3) is 3.11. The maximum Gasteiger partial charge on any atom is 0.329 e. The van der Waals surface area contributed by atoms with Gasteiger partial charge < -0.3 is 10.4 Å². The number of hydrogen-bond donors (Lipinski definition) is 2. The topological polar surface area (TPSA) is 49.3 Å². The number of halogens is 1. The standard InChI is InChI=1S/C16H22FNO2/c1-2-5-12-8-10-16(11-9-12,15(19)20)18-14-7-4-3-6-13(14)17/h3-4,6-7,12,18H,2,5,8-11H2,1H3,(H,19,20). The Morgan fingerprint density at radius 2 is 2.05 bits per heavy atom. The monoisotopic (exact) mass is 279 g/mol. The number of carboxylic acids is 1. The summed E-state index contributed by atoms with van der Waals surface area (Å²) in [6.07, 6.45) is 5.17. The number of carbonyl (C=O) groups is 1. The summed E-state index contributed by atoms with van der Waals surface area (Å²) in [6.45, 7) is 2.15. The lowest BCUT2D eigenvalue weighted by molar-refractivity contribution is -0.143. The molecule has 1 aromatic rings. The van der Waals surface area contributed by atoms with E-state index in [1.165, 1.54) is 6.07 Å². The van der Waals surface area contributed by atoms with Crippen LogP contribution in [-0.2, 0) is 4.79 Å². The SMILES string of the molecule is CCCC1CCC(Nc2ccccc2F)(C(=O)O)CC1. The maximum atomic E-state index is 13.7. The maximum absolute atomic E-state index is 13.7. The van der Waals surface area contributed by atoms with Gasteiger partial charge >= 0.3 is 5.97 Å². The first-order chi connectivity index (χ1) is 9.57. The Morgan fingerprint density at radius 3 is 2.60 bits per heavy atom. The molecule has 1 aromatic carbocycles. The van der Waals surface area contributed by atoms with Crippen molar-refractivity contribution >= 4 is 11.7 Å². The van der Waals surface area contributed by atoms with E-state index in [9.17, 15) is 14.3 Å². The Bertz CT molecular complexity index is 467. The van der Waals surface area contributed by atoms with Gasteiger partial charge in [-0.2, -0.15) is 0 Å². The van der Waals surface area contributed by atoms with Crippen molar-refractivity contribution in [1.29, 1.82) is 0 Å². The number of hydrogen-bond acceptors (Lipinski definition) is 2. The summed E-state index contributed by atoms with van der Waals surface area (Å²) in [6, 6.07) is 6.26. The summed E-state index contributed by atoms with van der Waals surface area (Å²) < 4.78 is 13.7. The van der Waals surface area contributed by atoms with E-state index in [1.807, 2.05) is 0 Å². The van der Waals surface area contributed by atoms with Crippen LogP contribution in [0.2, 0.25) is 0 Å². The van der Waals surface area contributed by atoms with Crippen LogP contribution in [0.15, 0.2) is 24.3 Å². The van der Waals surface area contributed by atoms with Crippen LogP contribution >= 0.6 is 0 Å². The molecule has 2 N–H and O–H groups in total. The Hall–Kier alpha value is -1.58. The lowest BCUT2D eigenvalue weighted by Gasteiger charge is -2.38. The van der Waals surface area contributed by atoms with Gasteiger partial charge in [0.25, 0.3) is 0 Å². The van der Waals surface area contributed by atoms with Crippen LogP contribution < -0.4 is 5.32 Å². The summed E-state index contributed by atoms with van der Waals surface area (Å²) in [7, 11) is 0. The summed E-state index contributed by atoms with van der Waals surface area (Å²) in [5.41, 5.74) is -0.740. The molecule has 20 heavy (non-hydrogen) atoms. The second kappa shape index (κ2) is 6.25. The molecule has 110 valence electrons. The molecule has 0 unspecified atom stereocenters. The third-order valence-electron chi connectivity index (χ3n) is 4.31. The van der Waals surface area contributed by atoms with Gasteiger partial charge in [-0.25, -0.2) is 9.18 Å². The van der Waals surface area contributed by atoms with Crippen LogP contribution in [0.25, 0.3) is 0 Å². The van der Waals surface area contributed by atoms with E-state index < -0.39 is 17.3 Å². The van der Waals surface area contributed by atoms with Crippen LogP contribution in [-0.4, -0.2) is 16.6 Å². The first-order valence-corrected chi connectivity index (χ1v) is 7.33. The van der Waals surface area contributed by atoms with Crippen molar-refractivity contribution in [2.45, 2.75) is 51.0 Å². The molecule has 0 amide bonds. The highest BCUT2D eigenvalue weighted by Gasteiger charge is 2.42. The van der Waals surface area contributed by atoms with Crippen molar-refractivity contribution in [3.63, 3.8) is 0 Å². The normalized spacial score (nSPS) is 26.2. The summed E-state index contributed by atoms with van der Waals surface area (Å²) >= 11 is 0. The number of rotatable bonds is 5. The average Bonchev–Trinajstić information content (AvgIpc) is 2.44. The predicted octanol–water partition coefficient (Wildman–Crippen LogP) is 4.05. The molecule has 4 heteroatoms. The van der Waals surface area contributed by atoms with E-state index in [4.69, 9.17) is 0 Å². The van der Waals surface area contributed by atoms with Crippen molar-refractivity contribution in [2.24, 2.45) is 5.92 Å². The molecule has 0 spiro atoms. The molecule has 0 bridgehead atoms. The molecule has 0 atom stereocenters. The van der Waals surface area contributed by atoms with Crippen molar-refractivity contribution in [2.75, 3.05) is 5.32 Å². The van der Waals surface area contributed by atoms with Gasteiger partial charge in [0.05, 0.1) is 5.69 Å². The number of para-hydroxylation sites is 1. The zero-order valence-electron chi connectivity index (χ0n) is 11.9. The van der Waals surface area contributed by atoms with Gasteiger partial charge in [-0.1, -0.05) is 31.9 Å². The molecule has 0 saturated heterocycles. The van der Waals surface area contributed by atoms with Gasteiger partial charge in [-0.05, 0) is 43.7 Å². The first kappa shape index (κ1) is 14.8. The fourth-order valence-electron chi connectivity index (χ4n) is 3.08. The predicted molar refractivity (Wildman–Crippen MR) is 77.3 cm³/mol. The van der Waals surface area contributed by atoms with Crippen LogP contribution in [0, 0.1) is 11.7 Å². The number of benzene rings is 1. The second-order valence-corrected chi connectivity index (χ2v) is 5.72. The molecule has 1 aliphatic carbocycles. The molecule has 0 radical (unpaired) electrons. The minimum Gasteiger partial charge on any atom is -0.480 e. The Morgan fingerprint density at radius 1 is 1.40 bits per heavy atom. The zero-order chi connectivity index (χ0) is 14.6. The van der Waals surface area contributed by atoms with E-state index in [1.54, 1.807) is 18.2 Å². The van der Waals surface area contributed by atoms with Gasteiger partial charge in [0, 0.05) is 0 Å². The van der Waals surface area contributed by atoms with Crippen LogP contribution in [0.4, 0.5) is 10.1 Å². The summed E-state index contributed by atoms with van der Waals surface area (Å²) in [5.74, 6) is -0.672. The highest BCUT2D eigenvalue weighted by molar-refractivity contribution is 5.83. The smallest absolute Gasteiger partial charge is 0.329 e. The molecule has 3 nitrogen and oxygen atoms in total. The fourth-order valence-corrected chi connectivity index (χ4v) is 3.08. The van der Waals surface area contributed by atoms with Gasteiger partial charge in [0.2, 0.25) is 0 Å². The van der Waals surface area contributed by atoms with Crippen molar-refractivity contribution in [3.8, 4) is 0 Å². The molecular formula is C16H22FNO2. The number of nitrogens with one attached hydrogen (secondary N) is 1. The minimum absolute atomic E-state index is 0.281. The van der Waals surface area contributed by atoms with Crippen molar-refractivity contribution in [3.05, 3.63) is 30.1 Å². The number of aliphatic carboxylic acids is 1. The van der Waals surface area contributed by atoms with E-state index >= 15 is 0 Å². The van der Waals surface area contributed by atoms with E-state index in [2.05, 4.69) is 12.2 Å². The van der Waals surface area contributed by atoms with Gasteiger partial charge in [0.15, 0.2) is 0 Å². The summed E-state index contributed by atoms with van der Waals surface area (Å²) in [5, 5.41) is 12.5. The lowest BCUT2D eigenvalue weighted by Crippen LogP contribution is -2.49. The van der Waals surface area contributed by atoms with Gasteiger partial charge in [-0.3, -0.25) is 0 Å². The average molecular weight is 279 g/mol. The van der Waals surface area contributed by atoms with Crippen molar-refractivity contribution < 1.29 is 14.3 Å². The van der Waals surface area contributed by atoms with Crippen LogP contribution in [0.5, 0.6) is 0 Å². The van der Waals surface area contributed by atoms with Crippen molar-refractivity contribution in [1.82, 2.24) is 0 Å². The first-order valence-electron chi connectivity index (χ1n) is 7.33. The third-order valence-corrected chi connectivity index (χ3v) is 4.31. The molecule has 2 rings (SSSR count). The lowest BCUT2D eigenvalue weighted by atomic mass is 9.75. The van der Waals surface area contributed by atoms with E-state index in [-0.39, 0.29) is 5.69 Å². The Kier molecular flexibility index (Phi) is 4.63. The molecular weight excluding hydrogens is 257 g/mol. The molecule has 1 saturated carbocycles. The van der Waals surface area contributed by atoms with E-state index in [0.717, 1.165) is 25.7 Å². The highest BCUT2D eigenvalue weighted by atomic mass is 19.1. The Labute approximate surface area is 119 Å². The van der Waals surface area contributed by atoms with Gasteiger partial charge in [0.1, 0.15) is 11.4 Å². The molecule has 1 aliphatic rings. The summed E-state index contributed by atoms with van der Waals surface area (Å²) in [4.78, 5) is 11.7. The molecule has 0 aliphatic heterocycles. The number of anilines is 1. The second-order valence-electron chi connectivity index (χ2n) is 5.72. The minimum atomic E-state index is -1.02.